The van der Waals surface area contributed by atoms with Crippen LogP contribution in [0.25, 0.3) is 0 Å². The third kappa shape index (κ3) is 5.00. The van der Waals surface area contributed by atoms with Crippen molar-refractivity contribution in [3.8, 4) is 5.75 Å². The first kappa shape index (κ1) is 14.4. The monoisotopic (exact) mass is 307 g/mol. The van der Waals surface area contributed by atoms with Gasteiger partial charge in [0.25, 0.3) is 0 Å². The van der Waals surface area contributed by atoms with Gasteiger partial charge in [-0.15, -0.1) is 0 Å². The molecule has 2 nitrogen and oxygen atoms in total. The minimum absolute atomic E-state index is 0.0120. The maximum Gasteiger partial charge on any atom is 0.169 e. The van der Waals surface area contributed by atoms with Crippen molar-refractivity contribution in [1.82, 2.24) is 5.32 Å². The molecule has 0 amide bonds. The summed E-state index contributed by atoms with van der Waals surface area (Å²) in [4.78, 5) is 0. The molecule has 17 heavy (non-hydrogen) atoms. The number of ether oxygens (including phenoxy) is 1. The van der Waals surface area contributed by atoms with Gasteiger partial charge in [-0.2, -0.15) is 0 Å². The Morgan fingerprint density at radius 3 is 2.47 bits per heavy atom. The third-order valence-corrected chi connectivity index (χ3v) is 2.56. The number of hydrogen-bond acceptors (Lipinski definition) is 2. The summed E-state index contributed by atoms with van der Waals surface area (Å²) in [5, 5.41) is 3.21. The Balaban J connectivity index is 2.53. The molecule has 1 aromatic carbocycles. The minimum atomic E-state index is -0.701. The first-order chi connectivity index (χ1) is 7.79. The molecule has 1 aromatic rings. The molecule has 0 aliphatic heterocycles. The van der Waals surface area contributed by atoms with Gasteiger partial charge in [0.15, 0.2) is 11.6 Å². The molecule has 0 heterocycles. The van der Waals surface area contributed by atoms with Crippen LogP contribution in [0.3, 0.4) is 0 Å². The smallest absolute Gasteiger partial charge is 0.169 e. The van der Waals surface area contributed by atoms with Crippen LogP contribution >= 0.6 is 15.9 Å². The van der Waals surface area contributed by atoms with Crippen molar-refractivity contribution in [2.45, 2.75) is 26.3 Å². The number of rotatable bonds is 4. The van der Waals surface area contributed by atoms with E-state index in [1.54, 1.807) is 0 Å². The van der Waals surface area contributed by atoms with Crippen LogP contribution in [-0.2, 0) is 0 Å². The van der Waals surface area contributed by atoms with Crippen LogP contribution in [0.5, 0.6) is 5.75 Å². The summed E-state index contributed by atoms with van der Waals surface area (Å²) in [5.41, 5.74) is -0.0120. The Labute approximate surface area is 108 Å². The third-order valence-electron chi connectivity index (χ3n) is 1.97. The van der Waals surface area contributed by atoms with Gasteiger partial charge in [0.2, 0.25) is 0 Å². The largest absolute Gasteiger partial charge is 0.488 e. The summed E-state index contributed by atoms with van der Waals surface area (Å²) in [6.45, 7) is 7.00. The number of hydrogen-bond donors (Lipinski definition) is 1. The summed E-state index contributed by atoms with van der Waals surface area (Å²) in [6.07, 6.45) is 0. The Morgan fingerprint density at radius 1 is 1.29 bits per heavy atom. The van der Waals surface area contributed by atoms with Gasteiger partial charge in [-0.05, 0) is 42.8 Å². The van der Waals surface area contributed by atoms with Crippen LogP contribution in [-0.4, -0.2) is 18.7 Å². The highest BCUT2D eigenvalue weighted by Gasteiger charge is 2.12. The molecule has 0 saturated carbocycles. The molecule has 0 saturated heterocycles. The van der Waals surface area contributed by atoms with Crippen molar-refractivity contribution in [1.29, 1.82) is 0 Å². The predicted octanol–water partition coefficient (Wildman–Crippen LogP) is 3.49. The number of benzene rings is 1. The van der Waals surface area contributed by atoms with E-state index in [0.717, 1.165) is 6.07 Å². The van der Waals surface area contributed by atoms with Gasteiger partial charge in [-0.25, -0.2) is 8.78 Å². The molecule has 0 aliphatic rings. The first-order valence-corrected chi connectivity index (χ1v) is 6.11. The average Bonchev–Trinajstić information content (AvgIpc) is 2.13. The Kier molecular flexibility index (Phi) is 4.89. The molecular formula is C12H16BrF2NO. The van der Waals surface area contributed by atoms with Crippen LogP contribution in [0.4, 0.5) is 8.78 Å². The molecule has 0 aliphatic carbocycles. The van der Waals surface area contributed by atoms with Crippen LogP contribution < -0.4 is 10.1 Å². The summed E-state index contributed by atoms with van der Waals surface area (Å²) in [5.74, 6) is -1.29. The highest BCUT2D eigenvalue weighted by atomic mass is 79.9. The van der Waals surface area contributed by atoms with Gasteiger partial charge >= 0.3 is 0 Å². The van der Waals surface area contributed by atoms with E-state index < -0.39 is 11.6 Å². The predicted molar refractivity (Wildman–Crippen MR) is 67.3 cm³/mol. The summed E-state index contributed by atoms with van der Waals surface area (Å²) in [7, 11) is 0. The van der Waals surface area contributed by atoms with Crippen LogP contribution in [0.1, 0.15) is 20.8 Å². The van der Waals surface area contributed by atoms with Gasteiger partial charge in [0, 0.05) is 18.2 Å². The van der Waals surface area contributed by atoms with E-state index in [4.69, 9.17) is 4.74 Å². The molecule has 0 spiro atoms. The second-order valence-electron chi connectivity index (χ2n) is 4.72. The fourth-order valence-electron chi connectivity index (χ4n) is 1.25. The Bertz CT molecular complexity index is 368. The molecule has 0 radical (unpaired) electrons. The van der Waals surface area contributed by atoms with E-state index in [1.807, 2.05) is 20.8 Å². The average molecular weight is 308 g/mol. The highest BCUT2D eigenvalue weighted by Crippen LogP contribution is 2.29. The van der Waals surface area contributed by atoms with Gasteiger partial charge < -0.3 is 10.1 Å². The fourth-order valence-corrected chi connectivity index (χ4v) is 1.77. The zero-order chi connectivity index (χ0) is 13.1. The lowest BCUT2D eigenvalue weighted by Gasteiger charge is -2.20. The Morgan fingerprint density at radius 2 is 1.94 bits per heavy atom. The maximum atomic E-state index is 13.4. The molecule has 1 N–H and O–H groups in total. The molecule has 0 atom stereocenters. The summed E-state index contributed by atoms with van der Waals surface area (Å²) >= 11 is 3.06. The van der Waals surface area contributed by atoms with Gasteiger partial charge in [-0.1, -0.05) is 0 Å². The van der Waals surface area contributed by atoms with E-state index in [2.05, 4.69) is 21.2 Å². The van der Waals surface area contributed by atoms with Crippen molar-refractivity contribution in [3.05, 3.63) is 28.2 Å². The topological polar surface area (TPSA) is 21.3 Å². The van der Waals surface area contributed by atoms with Crippen LogP contribution in [0.2, 0.25) is 0 Å². The van der Waals surface area contributed by atoms with Crippen molar-refractivity contribution >= 4 is 15.9 Å². The molecule has 1 rings (SSSR count). The highest BCUT2D eigenvalue weighted by molar-refractivity contribution is 9.10. The number of nitrogens with one attached hydrogen (secondary N) is 1. The lowest BCUT2D eigenvalue weighted by Crippen LogP contribution is -2.38. The zero-order valence-corrected chi connectivity index (χ0v) is 11.7. The van der Waals surface area contributed by atoms with Crippen LogP contribution in [0.15, 0.2) is 16.6 Å². The molecule has 96 valence electrons. The lowest BCUT2D eigenvalue weighted by molar-refractivity contribution is 0.277. The van der Waals surface area contributed by atoms with Crippen molar-refractivity contribution in [3.63, 3.8) is 0 Å². The summed E-state index contributed by atoms with van der Waals surface area (Å²) < 4.78 is 31.7. The van der Waals surface area contributed by atoms with E-state index in [9.17, 15) is 8.78 Å². The SMILES string of the molecule is CC(C)(C)NCCOc1c(F)cc(F)cc1Br. The van der Waals surface area contributed by atoms with Gasteiger partial charge in [0.05, 0.1) is 4.47 Å². The van der Waals surface area contributed by atoms with Gasteiger partial charge in [-0.3, -0.25) is 0 Å². The van der Waals surface area contributed by atoms with Crippen molar-refractivity contribution in [2.24, 2.45) is 0 Å². The zero-order valence-electron chi connectivity index (χ0n) is 10.1. The standard InChI is InChI=1S/C12H16BrF2NO/c1-12(2,3)16-4-5-17-11-9(13)6-8(14)7-10(11)15/h6-7,16H,4-5H2,1-3H3. The summed E-state index contributed by atoms with van der Waals surface area (Å²) in [6, 6.07) is 1.98. The number of halogens is 3. The normalized spacial score (nSPS) is 11.6. The molecule has 5 heteroatoms. The maximum absolute atomic E-state index is 13.4. The lowest BCUT2D eigenvalue weighted by atomic mass is 10.1. The minimum Gasteiger partial charge on any atom is -0.488 e. The molecule has 0 aromatic heterocycles. The quantitative estimate of drug-likeness (QED) is 0.860. The van der Waals surface area contributed by atoms with E-state index in [1.165, 1.54) is 6.07 Å². The second-order valence-corrected chi connectivity index (χ2v) is 5.58. The Hall–Kier alpha value is -0.680. The van der Waals surface area contributed by atoms with E-state index in [-0.39, 0.29) is 15.8 Å². The fraction of sp³-hybridized carbons (Fsp3) is 0.500. The van der Waals surface area contributed by atoms with Crippen LogP contribution in [0, 0.1) is 11.6 Å². The van der Waals surface area contributed by atoms with Gasteiger partial charge in [0.1, 0.15) is 12.4 Å². The molecule has 0 unspecified atom stereocenters. The first-order valence-electron chi connectivity index (χ1n) is 5.32. The van der Waals surface area contributed by atoms with Crippen molar-refractivity contribution < 1.29 is 13.5 Å². The molecule has 0 bridgehead atoms. The molecular weight excluding hydrogens is 292 g/mol. The molecule has 0 fully saturated rings. The van der Waals surface area contributed by atoms with Crippen molar-refractivity contribution in [2.75, 3.05) is 13.2 Å². The van der Waals surface area contributed by atoms with E-state index >= 15 is 0 Å². The van der Waals surface area contributed by atoms with E-state index in [0.29, 0.717) is 13.2 Å². The second kappa shape index (κ2) is 5.78.